The molecule has 0 spiro atoms. The van der Waals surface area contributed by atoms with Gasteiger partial charge in [0.2, 0.25) is 0 Å². The lowest BCUT2D eigenvalue weighted by Gasteiger charge is -2.42. The van der Waals surface area contributed by atoms with Gasteiger partial charge in [-0.05, 0) is 31.4 Å². The number of hydrogen-bond acceptors (Lipinski definition) is 4. The molecule has 5 rings (SSSR count). The lowest BCUT2D eigenvalue weighted by atomic mass is 9.83. The number of aryl methyl sites for hydroxylation is 2. The van der Waals surface area contributed by atoms with Crippen LogP contribution in [0, 0.1) is 12.8 Å². The normalized spacial score (nSPS) is 21.3. The van der Waals surface area contributed by atoms with E-state index in [4.69, 9.17) is 0 Å². The number of nitrogens with zero attached hydrogens (tertiary/aromatic N) is 5. The molecular formula is C20H21N5O2. The highest BCUT2D eigenvalue weighted by Gasteiger charge is 2.37. The van der Waals surface area contributed by atoms with E-state index in [1.165, 1.54) is 0 Å². The van der Waals surface area contributed by atoms with Crippen molar-refractivity contribution >= 4 is 17.1 Å². The monoisotopic (exact) mass is 363 g/mol. The van der Waals surface area contributed by atoms with Gasteiger partial charge in [0.1, 0.15) is 11.3 Å². The van der Waals surface area contributed by atoms with Crippen LogP contribution in [0.1, 0.15) is 34.2 Å². The highest BCUT2D eigenvalue weighted by molar-refractivity contribution is 6.04. The van der Waals surface area contributed by atoms with E-state index in [1.54, 1.807) is 18.3 Å². The number of carbonyl (C=O) groups excluding carboxylic acids is 1. The zero-order valence-corrected chi connectivity index (χ0v) is 15.4. The largest absolute Gasteiger partial charge is 0.338 e. The molecule has 0 aliphatic carbocycles. The Morgan fingerprint density at radius 2 is 2.04 bits per heavy atom. The molecule has 7 nitrogen and oxygen atoms in total. The van der Waals surface area contributed by atoms with Crippen LogP contribution in [0.3, 0.4) is 0 Å². The van der Waals surface area contributed by atoms with Crippen LogP contribution in [0.5, 0.6) is 0 Å². The summed E-state index contributed by atoms with van der Waals surface area (Å²) in [7, 11) is 1.91. The SMILES string of the molecule is Cc1nc2c(C(=O)N3C[C@@H]4C[C@H](C3)c3cccc(=O)n3C4)ccnc2n1C. The summed E-state index contributed by atoms with van der Waals surface area (Å²) in [6.45, 7) is 3.90. The number of piperidine rings is 1. The third-order valence-electron chi connectivity index (χ3n) is 5.98. The first-order valence-electron chi connectivity index (χ1n) is 9.30. The van der Waals surface area contributed by atoms with Gasteiger partial charge in [-0.2, -0.15) is 0 Å². The van der Waals surface area contributed by atoms with Crippen molar-refractivity contribution in [2.75, 3.05) is 13.1 Å². The molecule has 0 saturated carbocycles. The molecule has 2 aliphatic heterocycles. The summed E-state index contributed by atoms with van der Waals surface area (Å²) in [5, 5.41) is 0. The van der Waals surface area contributed by atoms with Crippen LogP contribution in [0.4, 0.5) is 0 Å². The first kappa shape index (κ1) is 16.2. The maximum atomic E-state index is 13.3. The van der Waals surface area contributed by atoms with Crippen LogP contribution in [0.15, 0.2) is 35.3 Å². The molecule has 2 atom stereocenters. The second-order valence-corrected chi connectivity index (χ2v) is 7.66. The van der Waals surface area contributed by atoms with Gasteiger partial charge in [0, 0.05) is 50.6 Å². The van der Waals surface area contributed by atoms with E-state index >= 15 is 0 Å². The fourth-order valence-electron chi connectivity index (χ4n) is 4.59. The van der Waals surface area contributed by atoms with E-state index in [0.29, 0.717) is 36.6 Å². The standard InChI is InChI=1S/C20H21N5O2/c1-12-22-18-15(6-7-21-19(18)23(12)2)20(27)24-9-13-8-14(11-24)16-4-3-5-17(26)25(16)10-13/h3-7,13-14H,8-11H2,1-2H3/t13-,14+/m0/s1. The number of carbonyl (C=O) groups is 1. The summed E-state index contributed by atoms with van der Waals surface area (Å²) in [5.41, 5.74) is 3.10. The van der Waals surface area contributed by atoms with Crippen LogP contribution in [-0.4, -0.2) is 43.0 Å². The summed E-state index contributed by atoms with van der Waals surface area (Å²) < 4.78 is 3.78. The maximum Gasteiger partial charge on any atom is 0.256 e. The van der Waals surface area contributed by atoms with Crippen LogP contribution in [0.2, 0.25) is 0 Å². The van der Waals surface area contributed by atoms with Crippen molar-refractivity contribution in [1.82, 2.24) is 24.0 Å². The molecule has 3 aromatic rings. The van der Waals surface area contributed by atoms with E-state index in [0.717, 1.165) is 23.6 Å². The molecular weight excluding hydrogens is 342 g/mol. The molecule has 138 valence electrons. The van der Waals surface area contributed by atoms with Gasteiger partial charge in [-0.3, -0.25) is 9.59 Å². The number of imidazole rings is 1. The van der Waals surface area contributed by atoms with E-state index in [-0.39, 0.29) is 17.4 Å². The molecule has 0 radical (unpaired) electrons. The van der Waals surface area contributed by atoms with Gasteiger partial charge in [-0.1, -0.05) is 6.07 Å². The highest BCUT2D eigenvalue weighted by atomic mass is 16.2. The molecule has 2 bridgehead atoms. The minimum Gasteiger partial charge on any atom is -0.338 e. The Bertz CT molecular complexity index is 1130. The molecule has 0 aromatic carbocycles. The number of aromatic nitrogens is 4. The van der Waals surface area contributed by atoms with Crippen LogP contribution in [0.25, 0.3) is 11.2 Å². The minimum atomic E-state index is 0.00179. The summed E-state index contributed by atoms with van der Waals surface area (Å²) in [5.74, 6) is 1.35. The second kappa shape index (κ2) is 5.77. The Labute approximate surface area is 156 Å². The second-order valence-electron chi connectivity index (χ2n) is 7.66. The number of fused-ring (bicyclic) bond motifs is 5. The van der Waals surface area contributed by atoms with Crippen molar-refractivity contribution < 1.29 is 4.79 Å². The number of pyridine rings is 2. The van der Waals surface area contributed by atoms with Gasteiger partial charge in [0.05, 0.1) is 5.56 Å². The summed E-state index contributed by atoms with van der Waals surface area (Å²) in [6.07, 6.45) is 2.71. The summed E-state index contributed by atoms with van der Waals surface area (Å²) in [4.78, 5) is 36.4. The van der Waals surface area contributed by atoms with Crippen molar-refractivity contribution in [1.29, 1.82) is 0 Å². The third-order valence-corrected chi connectivity index (χ3v) is 5.98. The molecule has 0 N–H and O–H groups in total. The predicted octanol–water partition coefficient (Wildman–Crippen LogP) is 1.70. The summed E-state index contributed by atoms with van der Waals surface area (Å²) in [6, 6.07) is 7.21. The van der Waals surface area contributed by atoms with E-state index in [1.807, 2.05) is 40.1 Å². The maximum absolute atomic E-state index is 13.3. The Balaban J connectivity index is 1.51. The number of hydrogen-bond donors (Lipinski definition) is 0. The lowest BCUT2D eigenvalue weighted by molar-refractivity contribution is 0.0596. The number of rotatable bonds is 1. The van der Waals surface area contributed by atoms with Gasteiger partial charge < -0.3 is 14.0 Å². The molecule has 1 fully saturated rings. The van der Waals surface area contributed by atoms with Crippen molar-refractivity contribution in [3.63, 3.8) is 0 Å². The van der Waals surface area contributed by atoms with Crippen LogP contribution >= 0.6 is 0 Å². The van der Waals surface area contributed by atoms with Gasteiger partial charge >= 0.3 is 0 Å². The van der Waals surface area contributed by atoms with Crippen molar-refractivity contribution in [2.24, 2.45) is 13.0 Å². The first-order chi connectivity index (χ1) is 13.0. The lowest BCUT2D eigenvalue weighted by Crippen LogP contribution is -2.49. The van der Waals surface area contributed by atoms with Gasteiger partial charge in [0.15, 0.2) is 5.65 Å². The fraction of sp³-hybridized carbons (Fsp3) is 0.400. The average molecular weight is 363 g/mol. The fourth-order valence-corrected chi connectivity index (χ4v) is 4.59. The molecule has 1 saturated heterocycles. The van der Waals surface area contributed by atoms with E-state index < -0.39 is 0 Å². The zero-order valence-electron chi connectivity index (χ0n) is 15.4. The number of likely N-dealkylation sites (tertiary alicyclic amines) is 1. The zero-order chi connectivity index (χ0) is 18.7. The van der Waals surface area contributed by atoms with E-state index in [2.05, 4.69) is 9.97 Å². The molecule has 2 aliphatic rings. The van der Waals surface area contributed by atoms with Crippen LogP contribution < -0.4 is 5.56 Å². The third kappa shape index (κ3) is 2.41. The summed E-state index contributed by atoms with van der Waals surface area (Å²) >= 11 is 0. The Morgan fingerprint density at radius 3 is 2.89 bits per heavy atom. The topological polar surface area (TPSA) is 73.0 Å². The smallest absolute Gasteiger partial charge is 0.256 e. The Morgan fingerprint density at radius 1 is 1.19 bits per heavy atom. The Kier molecular flexibility index (Phi) is 3.47. The molecule has 7 heteroatoms. The first-order valence-corrected chi connectivity index (χ1v) is 9.30. The van der Waals surface area contributed by atoms with Gasteiger partial charge in [0.25, 0.3) is 11.5 Å². The molecule has 27 heavy (non-hydrogen) atoms. The molecule has 1 amide bonds. The molecule has 0 unspecified atom stereocenters. The van der Waals surface area contributed by atoms with Gasteiger partial charge in [-0.15, -0.1) is 0 Å². The average Bonchev–Trinajstić information content (AvgIpc) is 2.96. The van der Waals surface area contributed by atoms with Crippen molar-refractivity contribution in [3.8, 4) is 0 Å². The minimum absolute atomic E-state index is 0.00179. The Hall–Kier alpha value is -2.96. The van der Waals surface area contributed by atoms with E-state index in [9.17, 15) is 9.59 Å². The number of amides is 1. The van der Waals surface area contributed by atoms with Crippen molar-refractivity contribution in [3.05, 3.63) is 57.9 Å². The molecule has 3 aromatic heterocycles. The van der Waals surface area contributed by atoms with Crippen LogP contribution in [-0.2, 0) is 13.6 Å². The highest BCUT2D eigenvalue weighted by Crippen LogP contribution is 2.35. The van der Waals surface area contributed by atoms with Crippen molar-refractivity contribution in [2.45, 2.75) is 25.8 Å². The quantitative estimate of drug-likeness (QED) is 0.660. The molecule has 5 heterocycles. The van der Waals surface area contributed by atoms with Gasteiger partial charge in [-0.25, -0.2) is 9.97 Å². The predicted molar refractivity (Wildman–Crippen MR) is 101 cm³/mol.